The number of amides is 1. The molecule has 6 heteroatoms. The predicted octanol–water partition coefficient (Wildman–Crippen LogP) is 3.13. The molecule has 1 saturated heterocycles. The summed E-state index contributed by atoms with van der Waals surface area (Å²) < 4.78 is 0. The Bertz CT molecular complexity index is 874. The first kappa shape index (κ1) is 19.7. The second-order valence-corrected chi connectivity index (χ2v) is 8.35. The fourth-order valence-corrected chi connectivity index (χ4v) is 4.29. The van der Waals surface area contributed by atoms with Gasteiger partial charge in [0.15, 0.2) is 0 Å². The molecule has 3 heterocycles. The quantitative estimate of drug-likeness (QED) is 0.835. The predicted molar refractivity (Wildman–Crippen MR) is 117 cm³/mol. The number of piperidine rings is 1. The first-order valence-electron chi connectivity index (χ1n) is 10.6. The molecule has 2 aliphatic heterocycles. The number of fused-ring (bicyclic) bond motifs is 1. The lowest BCUT2D eigenvalue weighted by molar-refractivity contribution is 0.0940. The number of nitrogens with two attached hydrogens (primary N) is 1. The van der Waals surface area contributed by atoms with Gasteiger partial charge in [-0.25, -0.2) is 4.98 Å². The Kier molecular flexibility index (Phi) is 5.72. The van der Waals surface area contributed by atoms with Crippen molar-refractivity contribution in [1.82, 2.24) is 15.2 Å². The van der Waals surface area contributed by atoms with Crippen molar-refractivity contribution < 1.29 is 4.79 Å². The molecule has 1 atom stereocenters. The van der Waals surface area contributed by atoms with Crippen LogP contribution in [0.15, 0.2) is 30.3 Å². The van der Waals surface area contributed by atoms with Crippen LogP contribution in [0.1, 0.15) is 59.4 Å². The third-order valence-electron chi connectivity index (χ3n) is 6.10. The molecule has 3 N–H and O–H groups in total. The van der Waals surface area contributed by atoms with Crippen LogP contribution >= 0.6 is 0 Å². The number of anilines is 2. The zero-order valence-corrected chi connectivity index (χ0v) is 17.4. The van der Waals surface area contributed by atoms with Crippen LogP contribution in [-0.2, 0) is 13.0 Å². The molecule has 1 aromatic carbocycles. The summed E-state index contributed by atoms with van der Waals surface area (Å²) in [4.78, 5) is 22.0. The molecule has 0 aliphatic carbocycles. The van der Waals surface area contributed by atoms with Gasteiger partial charge in [0.05, 0.1) is 11.6 Å². The molecule has 154 valence electrons. The van der Waals surface area contributed by atoms with Crippen molar-refractivity contribution >= 4 is 17.4 Å². The highest BCUT2D eigenvalue weighted by atomic mass is 16.1. The Morgan fingerprint density at radius 1 is 1.14 bits per heavy atom. The number of nitrogens with zero attached hydrogens (tertiary/aromatic N) is 3. The van der Waals surface area contributed by atoms with Crippen molar-refractivity contribution in [3.05, 3.63) is 52.7 Å². The number of hydrogen-bond acceptors (Lipinski definition) is 5. The number of pyridine rings is 1. The maximum atomic E-state index is 12.9. The van der Waals surface area contributed by atoms with Crippen LogP contribution in [-0.4, -0.2) is 42.5 Å². The van der Waals surface area contributed by atoms with Crippen LogP contribution in [0, 0.1) is 0 Å². The van der Waals surface area contributed by atoms with E-state index >= 15 is 0 Å². The molecule has 29 heavy (non-hydrogen) atoms. The van der Waals surface area contributed by atoms with E-state index in [2.05, 4.69) is 51.4 Å². The molecule has 0 saturated carbocycles. The maximum Gasteiger partial charge on any atom is 0.255 e. The largest absolute Gasteiger partial charge is 0.383 e. The minimum atomic E-state index is -0.168. The fraction of sp³-hybridized carbons (Fsp3) is 0.478. The molecular weight excluding hydrogens is 362 g/mol. The summed E-state index contributed by atoms with van der Waals surface area (Å²) in [6.07, 6.45) is 4.73. The minimum absolute atomic E-state index is 0.101. The van der Waals surface area contributed by atoms with E-state index in [4.69, 9.17) is 5.73 Å². The third kappa shape index (κ3) is 4.37. The smallest absolute Gasteiger partial charge is 0.255 e. The van der Waals surface area contributed by atoms with Crippen molar-refractivity contribution in [2.45, 2.75) is 45.2 Å². The van der Waals surface area contributed by atoms with Crippen molar-refractivity contribution in [3.63, 3.8) is 0 Å². The summed E-state index contributed by atoms with van der Waals surface area (Å²) >= 11 is 0. The second-order valence-electron chi connectivity index (χ2n) is 8.35. The van der Waals surface area contributed by atoms with E-state index in [-0.39, 0.29) is 11.9 Å². The maximum absolute atomic E-state index is 12.9. The number of nitrogens with one attached hydrogen (secondary N) is 1. The molecular formula is C23H31N5O. The van der Waals surface area contributed by atoms with Crippen LogP contribution in [0.4, 0.5) is 11.5 Å². The number of rotatable bonds is 4. The van der Waals surface area contributed by atoms with Gasteiger partial charge in [0.25, 0.3) is 5.91 Å². The zero-order chi connectivity index (χ0) is 20.4. The number of carbonyl (C=O) groups is 1. The van der Waals surface area contributed by atoms with Gasteiger partial charge < -0.3 is 20.9 Å². The Balaban J connectivity index is 1.45. The number of carbonyl (C=O) groups excluding carboxylic acids is 1. The van der Waals surface area contributed by atoms with Crippen molar-refractivity contribution in [3.8, 4) is 0 Å². The molecule has 2 aliphatic rings. The number of aromatic nitrogens is 1. The molecule has 0 radical (unpaired) electrons. The first-order valence-corrected chi connectivity index (χ1v) is 10.6. The Labute approximate surface area is 173 Å². The molecule has 1 fully saturated rings. The topological polar surface area (TPSA) is 74.5 Å². The van der Waals surface area contributed by atoms with Crippen LogP contribution < -0.4 is 16.0 Å². The summed E-state index contributed by atoms with van der Waals surface area (Å²) in [6.45, 7) is 6.03. The van der Waals surface area contributed by atoms with Gasteiger partial charge in [-0.2, -0.15) is 0 Å². The molecule has 0 spiro atoms. The molecule has 2 aromatic rings. The SMILES string of the molecule is CC(NC(=O)c1cc2c(nc1N)CCN(C)C2)c1ccc(N2CCCCC2)cc1. The standard InChI is InChI=1S/C23H31N5O/c1-16(17-6-8-19(9-7-17)28-11-4-3-5-12-28)25-23(29)20-14-18-15-27(2)13-10-21(18)26-22(20)24/h6-9,14,16H,3-5,10-13,15H2,1-2H3,(H2,24,26)(H,25,29). The summed E-state index contributed by atoms with van der Waals surface area (Å²) in [5.74, 6) is 0.150. The molecule has 6 nitrogen and oxygen atoms in total. The van der Waals surface area contributed by atoms with E-state index in [1.54, 1.807) is 0 Å². The molecule has 0 bridgehead atoms. The van der Waals surface area contributed by atoms with Crippen molar-refractivity contribution in [2.75, 3.05) is 37.3 Å². The summed E-state index contributed by atoms with van der Waals surface area (Å²) in [5.41, 5.74) is 11.0. The number of benzene rings is 1. The zero-order valence-electron chi connectivity index (χ0n) is 17.4. The van der Waals surface area contributed by atoms with Crippen molar-refractivity contribution in [2.24, 2.45) is 0 Å². The normalized spacial score (nSPS) is 18.2. The Morgan fingerprint density at radius 2 is 1.86 bits per heavy atom. The van der Waals surface area contributed by atoms with E-state index in [0.29, 0.717) is 11.4 Å². The van der Waals surface area contributed by atoms with Crippen LogP contribution in [0.2, 0.25) is 0 Å². The number of hydrogen-bond donors (Lipinski definition) is 2. The number of likely N-dealkylation sites (N-methyl/N-ethyl adjacent to an activating group) is 1. The molecule has 1 amide bonds. The third-order valence-corrected chi connectivity index (χ3v) is 6.10. The highest BCUT2D eigenvalue weighted by molar-refractivity contribution is 5.98. The lowest BCUT2D eigenvalue weighted by Crippen LogP contribution is -2.31. The first-order chi connectivity index (χ1) is 14.0. The van der Waals surface area contributed by atoms with Gasteiger partial charge in [-0.05, 0) is 62.6 Å². The summed E-state index contributed by atoms with van der Waals surface area (Å²) in [5, 5.41) is 3.08. The molecule has 4 rings (SSSR count). The van der Waals surface area contributed by atoms with Gasteiger partial charge in [0.1, 0.15) is 5.82 Å². The van der Waals surface area contributed by atoms with E-state index in [9.17, 15) is 4.79 Å². The van der Waals surface area contributed by atoms with Gasteiger partial charge in [0, 0.05) is 44.0 Å². The monoisotopic (exact) mass is 393 g/mol. The summed E-state index contributed by atoms with van der Waals surface area (Å²) in [7, 11) is 2.08. The van der Waals surface area contributed by atoms with Crippen LogP contribution in [0.5, 0.6) is 0 Å². The minimum Gasteiger partial charge on any atom is -0.383 e. The second kappa shape index (κ2) is 8.41. The number of nitrogen functional groups attached to an aromatic ring is 1. The van der Waals surface area contributed by atoms with Crippen molar-refractivity contribution in [1.29, 1.82) is 0 Å². The van der Waals surface area contributed by atoms with Gasteiger partial charge >= 0.3 is 0 Å². The Hall–Kier alpha value is -2.60. The van der Waals surface area contributed by atoms with Gasteiger partial charge in [-0.1, -0.05) is 12.1 Å². The highest BCUT2D eigenvalue weighted by Crippen LogP contribution is 2.24. The average molecular weight is 394 g/mol. The fourth-order valence-electron chi connectivity index (χ4n) is 4.29. The highest BCUT2D eigenvalue weighted by Gasteiger charge is 2.21. The van der Waals surface area contributed by atoms with Gasteiger partial charge in [0.2, 0.25) is 0 Å². The van der Waals surface area contributed by atoms with Gasteiger partial charge in [-0.3, -0.25) is 4.79 Å². The lowest BCUT2D eigenvalue weighted by atomic mass is 10.0. The summed E-state index contributed by atoms with van der Waals surface area (Å²) in [6, 6.07) is 10.4. The van der Waals surface area contributed by atoms with E-state index < -0.39 is 0 Å². The average Bonchev–Trinajstić information content (AvgIpc) is 2.74. The van der Waals surface area contributed by atoms with E-state index in [1.165, 1.54) is 24.9 Å². The Morgan fingerprint density at radius 3 is 2.59 bits per heavy atom. The van der Waals surface area contributed by atoms with E-state index in [0.717, 1.165) is 49.4 Å². The van der Waals surface area contributed by atoms with Crippen LogP contribution in [0.3, 0.4) is 0 Å². The van der Waals surface area contributed by atoms with Crippen LogP contribution in [0.25, 0.3) is 0 Å². The molecule has 1 aromatic heterocycles. The van der Waals surface area contributed by atoms with E-state index in [1.807, 2.05) is 13.0 Å². The van der Waals surface area contributed by atoms with Gasteiger partial charge in [-0.15, -0.1) is 0 Å². The molecule has 1 unspecified atom stereocenters. The lowest BCUT2D eigenvalue weighted by Gasteiger charge is -2.29.